The number of hydrogen-bond acceptors (Lipinski definition) is 4. The zero-order valence-corrected chi connectivity index (χ0v) is 14.7. The van der Waals surface area contributed by atoms with Crippen LogP contribution in [0.1, 0.15) is 46.0 Å². The first-order valence-electron chi connectivity index (χ1n) is 8.63. The molecule has 2 aliphatic heterocycles. The van der Waals surface area contributed by atoms with E-state index in [0.717, 1.165) is 19.5 Å². The third-order valence-electron chi connectivity index (χ3n) is 5.07. The third kappa shape index (κ3) is 4.69. The molecule has 0 aliphatic carbocycles. The SMILES string of the molecule is CCCN(C(=O)CC(C)C1CCCNC1)C1CCS(=O)(=O)C1. The minimum Gasteiger partial charge on any atom is -0.339 e. The van der Waals surface area contributed by atoms with Crippen molar-refractivity contribution in [3.8, 4) is 0 Å². The van der Waals surface area contributed by atoms with Gasteiger partial charge < -0.3 is 10.2 Å². The highest BCUT2D eigenvalue weighted by Gasteiger charge is 2.35. The van der Waals surface area contributed by atoms with Crippen LogP contribution in [0, 0.1) is 11.8 Å². The Hall–Kier alpha value is -0.620. The van der Waals surface area contributed by atoms with Crippen LogP contribution in [-0.4, -0.2) is 56.4 Å². The Bertz CT molecular complexity index is 472. The number of amides is 1. The fourth-order valence-electron chi connectivity index (χ4n) is 3.70. The molecular formula is C16H30N2O3S. The topological polar surface area (TPSA) is 66.5 Å². The maximum Gasteiger partial charge on any atom is 0.223 e. The van der Waals surface area contributed by atoms with E-state index in [-0.39, 0.29) is 23.5 Å². The van der Waals surface area contributed by atoms with Crippen molar-refractivity contribution in [2.45, 2.75) is 52.0 Å². The summed E-state index contributed by atoms with van der Waals surface area (Å²) < 4.78 is 23.4. The number of sulfone groups is 1. The predicted molar refractivity (Wildman–Crippen MR) is 88.4 cm³/mol. The molecule has 2 heterocycles. The lowest BCUT2D eigenvalue weighted by Gasteiger charge is -2.32. The van der Waals surface area contributed by atoms with Crippen molar-refractivity contribution in [3.63, 3.8) is 0 Å². The van der Waals surface area contributed by atoms with Gasteiger partial charge in [0, 0.05) is 19.0 Å². The first kappa shape index (κ1) is 17.7. The van der Waals surface area contributed by atoms with Gasteiger partial charge in [-0.3, -0.25) is 4.79 Å². The van der Waals surface area contributed by atoms with E-state index in [4.69, 9.17) is 0 Å². The molecule has 2 aliphatic rings. The van der Waals surface area contributed by atoms with E-state index < -0.39 is 9.84 Å². The zero-order valence-electron chi connectivity index (χ0n) is 13.9. The minimum atomic E-state index is -2.95. The van der Waals surface area contributed by atoms with Crippen molar-refractivity contribution < 1.29 is 13.2 Å². The second kappa shape index (κ2) is 7.77. The van der Waals surface area contributed by atoms with Gasteiger partial charge in [0.15, 0.2) is 9.84 Å². The molecule has 3 unspecified atom stereocenters. The monoisotopic (exact) mass is 330 g/mol. The number of nitrogens with one attached hydrogen (secondary N) is 1. The average molecular weight is 330 g/mol. The largest absolute Gasteiger partial charge is 0.339 e. The molecule has 1 N–H and O–H groups in total. The van der Waals surface area contributed by atoms with Crippen LogP contribution in [0.25, 0.3) is 0 Å². The summed E-state index contributed by atoms with van der Waals surface area (Å²) in [6.45, 7) is 6.96. The molecule has 0 aromatic carbocycles. The summed E-state index contributed by atoms with van der Waals surface area (Å²) >= 11 is 0. The van der Waals surface area contributed by atoms with E-state index in [1.54, 1.807) is 0 Å². The smallest absolute Gasteiger partial charge is 0.223 e. The van der Waals surface area contributed by atoms with Crippen LogP contribution in [-0.2, 0) is 14.6 Å². The summed E-state index contributed by atoms with van der Waals surface area (Å²) in [4.78, 5) is 14.5. The second-order valence-electron chi connectivity index (χ2n) is 6.93. The maximum atomic E-state index is 12.7. The van der Waals surface area contributed by atoms with Crippen molar-refractivity contribution in [1.29, 1.82) is 0 Å². The van der Waals surface area contributed by atoms with Gasteiger partial charge in [0.2, 0.25) is 5.91 Å². The Kier molecular flexibility index (Phi) is 6.26. The standard InChI is InChI=1S/C16H30N2O3S/c1-3-8-18(15-6-9-22(20,21)12-15)16(19)10-13(2)14-5-4-7-17-11-14/h13-15,17H,3-12H2,1-2H3. The molecule has 0 aromatic rings. The van der Waals surface area contributed by atoms with E-state index in [0.29, 0.717) is 31.2 Å². The first-order chi connectivity index (χ1) is 10.4. The zero-order chi connectivity index (χ0) is 16.2. The molecule has 0 spiro atoms. The third-order valence-corrected chi connectivity index (χ3v) is 6.82. The number of rotatable bonds is 6. The summed E-state index contributed by atoms with van der Waals surface area (Å²) in [5.74, 6) is 1.44. The van der Waals surface area contributed by atoms with Gasteiger partial charge in [-0.15, -0.1) is 0 Å². The molecule has 5 nitrogen and oxygen atoms in total. The van der Waals surface area contributed by atoms with Crippen LogP contribution in [0.2, 0.25) is 0 Å². The van der Waals surface area contributed by atoms with Gasteiger partial charge in [-0.2, -0.15) is 0 Å². The number of hydrogen-bond donors (Lipinski definition) is 1. The highest BCUT2D eigenvalue weighted by atomic mass is 32.2. The summed E-state index contributed by atoms with van der Waals surface area (Å²) in [6, 6.07) is -0.103. The van der Waals surface area contributed by atoms with Gasteiger partial charge in [0.1, 0.15) is 0 Å². The molecule has 1 amide bonds. The Morgan fingerprint density at radius 1 is 1.36 bits per heavy atom. The Morgan fingerprint density at radius 2 is 2.14 bits per heavy atom. The second-order valence-corrected chi connectivity index (χ2v) is 9.16. The summed E-state index contributed by atoms with van der Waals surface area (Å²) in [7, 11) is -2.95. The molecule has 6 heteroatoms. The molecule has 2 fully saturated rings. The van der Waals surface area contributed by atoms with E-state index in [1.807, 2.05) is 11.8 Å². The number of carbonyl (C=O) groups is 1. The summed E-state index contributed by atoms with van der Waals surface area (Å²) in [5, 5.41) is 3.41. The van der Waals surface area contributed by atoms with E-state index >= 15 is 0 Å². The molecule has 2 rings (SSSR count). The quantitative estimate of drug-likeness (QED) is 0.800. The van der Waals surface area contributed by atoms with E-state index in [1.165, 1.54) is 12.8 Å². The van der Waals surface area contributed by atoms with Gasteiger partial charge in [-0.1, -0.05) is 13.8 Å². The molecular weight excluding hydrogens is 300 g/mol. The lowest BCUT2D eigenvalue weighted by molar-refractivity contribution is -0.134. The number of nitrogens with zero attached hydrogens (tertiary/aromatic N) is 1. The highest BCUT2D eigenvalue weighted by Crippen LogP contribution is 2.25. The van der Waals surface area contributed by atoms with Crippen LogP contribution in [0.3, 0.4) is 0 Å². The highest BCUT2D eigenvalue weighted by molar-refractivity contribution is 7.91. The van der Waals surface area contributed by atoms with Gasteiger partial charge in [-0.25, -0.2) is 8.42 Å². The van der Waals surface area contributed by atoms with Crippen molar-refractivity contribution in [2.24, 2.45) is 11.8 Å². The molecule has 3 atom stereocenters. The van der Waals surface area contributed by atoms with E-state index in [9.17, 15) is 13.2 Å². The average Bonchev–Trinajstić information content (AvgIpc) is 2.85. The predicted octanol–water partition coefficient (Wildman–Crippen LogP) is 1.44. The van der Waals surface area contributed by atoms with Gasteiger partial charge in [0.05, 0.1) is 11.5 Å². The maximum absolute atomic E-state index is 12.7. The van der Waals surface area contributed by atoms with Gasteiger partial charge in [-0.05, 0) is 50.6 Å². The van der Waals surface area contributed by atoms with Crippen molar-refractivity contribution in [2.75, 3.05) is 31.1 Å². The van der Waals surface area contributed by atoms with Crippen molar-refractivity contribution >= 4 is 15.7 Å². The van der Waals surface area contributed by atoms with Crippen LogP contribution >= 0.6 is 0 Å². The lowest BCUT2D eigenvalue weighted by atomic mass is 9.85. The molecule has 0 saturated carbocycles. The minimum absolute atomic E-state index is 0.103. The Labute approximate surface area is 134 Å². The Balaban J connectivity index is 1.94. The van der Waals surface area contributed by atoms with Gasteiger partial charge >= 0.3 is 0 Å². The van der Waals surface area contributed by atoms with Crippen molar-refractivity contribution in [1.82, 2.24) is 10.2 Å². The molecule has 0 radical (unpaired) electrons. The normalized spacial score (nSPS) is 29.2. The fourth-order valence-corrected chi connectivity index (χ4v) is 5.43. The lowest BCUT2D eigenvalue weighted by Crippen LogP contribution is -2.43. The van der Waals surface area contributed by atoms with Crippen LogP contribution in [0.4, 0.5) is 0 Å². The molecule has 22 heavy (non-hydrogen) atoms. The van der Waals surface area contributed by atoms with Crippen LogP contribution in [0.5, 0.6) is 0 Å². The number of carbonyl (C=O) groups excluding carboxylic acids is 1. The fraction of sp³-hybridized carbons (Fsp3) is 0.938. The summed E-state index contributed by atoms with van der Waals surface area (Å²) in [5.41, 5.74) is 0. The Morgan fingerprint density at radius 3 is 2.68 bits per heavy atom. The molecule has 128 valence electrons. The van der Waals surface area contributed by atoms with Gasteiger partial charge in [0.25, 0.3) is 0 Å². The molecule has 0 bridgehead atoms. The van der Waals surface area contributed by atoms with E-state index in [2.05, 4.69) is 12.2 Å². The van der Waals surface area contributed by atoms with Crippen LogP contribution < -0.4 is 5.32 Å². The molecule has 0 aromatic heterocycles. The number of piperidine rings is 1. The summed E-state index contributed by atoms with van der Waals surface area (Å²) in [6.07, 6.45) is 4.40. The van der Waals surface area contributed by atoms with Crippen molar-refractivity contribution in [3.05, 3.63) is 0 Å². The van der Waals surface area contributed by atoms with Crippen LogP contribution in [0.15, 0.2) is 0 Å². The first-order valence-corrected chi connectivity index (χ1v) is 10.5. The molecule has 2 saturated heterocycles.